The highest BCUT2D eigenvalue weighted by atomic mass is 19.3. The lowest BCUT2D eigenvalue weighted by Gasteiger charge is -2.13. The number of nitrogens with two attached hydrogens (primary N) is 2. The average molecular weight is 230 g/mol. The summed E-state index contributed by atoms with van der Waals surface area (Å²) in [6, 6.07) is 4.20. The van der Waals surface area contributed by atoms with Crippen molar-refractivity contribution in [3.05, 3.63) is 23.8 Å². The fourth-order valence-electron chi connectivity index (χ4n) is 1.62. The van der Waals surface area contributed by atoms with Crippen molar-refractivity contribution < 1.29 is 18.3 Å². The maximum Gasteiger partial charge on any atom is 0.586 e. The Kier molecular flexibility index (Phi) is 2.69. The lowest BCUT2D eigenvalue weighted by Crippen LogP contribution is -2.26. The third kappa shape index (κ3) is 1.94. The van der Waals surface area contributed by atoms with Gasteiger partial charge in [-0.3, -0.25) is 0 Å². The van der Waals surface area contributed by atoms with E-state index in [-0.39, 0.29) is 11.5 Å². The van der Waals surface area contributed by atoms with E-state index in [4.69, 9.17) is 11.5 Å². The summed E-state index contributed by atoms with van der Waals surface area (Å²) < 4.78 is 34.4. The number of benzene rings is 1. The lowest BCUT2D eigenvalue weighted by atomic mass is 10.0. The van der Waals surface area contributed by atoms with Crippen molar-refractivity contribution in [2.45, 2.75) is 18.8 Å². The van der Waals surface area contributed by atoms with Gasteiger partial charge in [-0.1, -0.05) is 12.1 Å². The minimum Gasteiger partial charge on any atom is -0.395 e. The molecule has 2 rings (SSSR count). The Morgan fingerprint density at radius 1 is 1.31 bits per heavy atom. The lowest BCUT2D eigenvalue weighted by molar-refractivity contribution is -0.287. The molecule has 16 heavy (non-hydrogen) atoms. The third-order valence-corrected chi connectivity index (χ3v) is 2.34. The van der Waals surface area contributed by atoms with Gasteiger partial charge in [0, 0.05) is 11.6 Å². The normalized spacial score (nSPS) is 18.5. The van der Waals surface area contributed by atoms with Crippen molar-refractivity contribution in [1.82, 2.24) is 0 Å². The largest absolute Gasteiger partial charge is 0.586 e. The van der Waals surface area contributed by atoms with Crippen LogP contribution >= 0.6 is 0 Å². The van der Waals surface area contributed by atoms with Crippen molar-refractivity contribution >= 4 is 0 Å². The van der Waals surface area contributed by atoms with Gasteiger partial charge < -0.3 is 20.9 Å². The zero-order chi connectivity index (χ0) is 11.8. The van der Waals surface area contributed by atoms with E-state index in [2.05, 4.69) is 9.47 Å². The van der Waals surface area contributed by atoms with E-state index in [0.29, 0.717) is 18.5 Å². The van der Waals surface area contributed by atoms with E-state index in [1.54, 1.807) is 12.1 Å². The van der Waals surface area contributed by atoms with Crippen LogP contribution in [0.3, 0.4) is 0 Å². The molecule has 0 unspecified atom stereocenters. The summed E-state index contributed by atoms with van der Waals surface area (Å²) in [7, 11) is 0. The molecule has 0 saturated heterocycles. The summed E-state index contributed by atoms with van der Waals surface area (Å²) in [5.74, 6) is 0.0171. The predicted octanol–water partition coefficient (Wildman–Crippen LogP) is 1.36. The summed E-state index contributed by atoms with van der Waals surface area (Å²) >= 11 is 0. The average Bonchev–Trinajstić information content (AvgIpc) is 2.51. The number of fused-ring (bicyclic) bond motifs is 1. The minimum atomic E-state index is -3.61. The minimum absolute atomic E-state index is 0.00782. The smallest absolute Gasteiger partial charge is 0.395 e. The summed E-state index contributed by atoms with van der Waals surface area (Å²) in [6.07, 6.45) is -3.12. The Hall–Kier alpha value is -1.40. The monoisotopic (exact) mass is 230 g/mol. The second kappa shape index (κ2) is 3.88. The molecule has 4 nitrogen and oxygen atoms in total. The molecule has 0 bridgehead atoms. The molecule has 0 radical (unpaired) electrons. The van der Waals surface area contributed by atoms with Crippen LogP contribution in [0.15, 0.2) is 18.2 Å². The van der Waals surface area contributed by atoms with Crippen LogP contribution in [0.4, 0.5) is 8.78 Å². The first-order valence-corrected chi connectivity index (χ1v) is 4.88. The maximum absolute atomic E-state index is 12.9. The van der Waals surface area contributed by atoms with Gasteiger partial charge in [0.2, 0.25) is 0 Å². The first-order valence-electron chi connectivity index (χ1n) is 4.88. The van der Waals surface area contributed by atoms with Crippen LogP contribution in [-0.2, 0) is 0 Å². The summed E-state index contributed by atoms with van der Waals surface area (Å²) in [6.45, 7) is 0.377. The van der Waals surface area contributed by atoms with Gasteiger partial charge in [-0.15, -0.1) is 8.78 Å². The zero-order valence-electron chi connectivity index (χ0n) is 8.45. The summed E-state index contributed by atoms with van der Waals surface area (Å²) in [5, 5.41) is 0. The van der Waals surface area contributed by atoms with Gasteiger partial charge in [0.1, 0.15) is 0 Å². The SMILES string of the molecule is NCC[C@H](N)c1cccc2c1OC(F)(F)O2. The zero-order valence-corrected chi connectivity index (χ0v) is 8.45. The number of alkyl halides is 2. The van der Waals surface area contributed by atoms with Gasteiger partial charge in [0.25, 0.3) is 0 Å². The van der Waals surface area contributed by atoms with Crippen LogP contribution < -0.4 is 20.9 Å². The predicted molar refractivity (Wildman–Crippen MR) is 53.2 cm³/mol. The third-order valence-electron chi connectivity index (χ3n) is 2.34. The number of rotatable bonds is 3. The van der Waals surface area contributed by atoms with Crippen molar-refractivity contribution in [1.29, 1.82) is 0 Å². The molecule has 4 N–H and O–H groups in total. The molecular weight excluding hydrogens is 218 g/mol. The molecule has 6 heteroatoms. The highest BCUT2D eigenvalue weighted by Gasteiger charge is 2.44. The first-order chi connectivity index (χ1) is 7.53. The quantitative estimate of drug-likeness (QED) is 0.822. The fraction of sp³-hybridized carbons (Fsp3) is 0.400. The molecule has 1 atom stereocenters. The van der Waals surface area contributed by atoms with E-state index < -0.39 is 12.3 Å². The summed E-state index contributed by atoms with van der Waals surface area (Å²) in [4.78, 5) is 0. The highest BCUT2D eigenvalue weighted by molar-refractivity contribution is 5.50. The molecule has 1 aromatic carbocycles. The maximum atomic E-state index is 12.9. The number of hydrogen-bond donors (Lipinski definition) is 2. The van der Waals surface area contributed by atoms with Crippen LogP contribution in [0.2, 0.25) is 0 Å². The molecule has 0 amide bonds. The Labute approximate surface area is 91.1 Å². The van der Waals surface area contributed by atoms with Crippen LogP contribution in [0, 0.1) is 0 Å². The molecule has 1 heterocycles. The van der Waals surface area contributed by atoms with Crippen molar-refractivity contribution in [3.8, 4) is 11.5 Å². The van der Waals surface area contributed by atoms with Crippen LogP contribution in [0.5, 0.6) is 11.5 Å². The number of ether oxygens (including phenoxy) is 2. The van der Waals surface area contributed by atoms with Crippen LogP contribution in [-0.4, -0.2) is 12.8 Å². The molecule has 1 aliphatic heterocycles. The molecule has 0 spiro atoms. The number of halogens is 2. The van der Waals surface area contributed by atoms with Gasteiger partial charge in [-0.05, 0) is 19.0 Å². The van der Waals surface area contributed by atoms with E-state index in [9.17, 15) is 8.78 Å². The Bertz CT molecular complexity index is 398. The second-order valence-corrected chi connectivity index (χ2v) is 3.53. The van der Waals surface area contributed by atoms with E-state index in [1.165, 1.54) is 6.07 Å². The Morgan fingerprint density at radius 2 is 2.06 bits per heavy atom. The van der Waals surface area contributed by atoms with E-state index in [1.807, 2.05) is 0 Å². The van der Waals surface area contributed by atoms with Crippen molar-refractivity contribution in [3.63, 3.8) is 0 Å². The number of para-hydroxylation sites is 1. The van der Waals surface area contributed by atoms with Gasteiger partial charge in [-0.25, -0.2) is 0 Å². The first kappa shape index (κ1) is 11.1. The molecule has 88 valence electrons. The van der Waals surface area contributed by atoms with E-state index >= 15 is 0 Å². The highest BCUT2D eigenvalue weighted by Crippen LogP contribution is 2.44. The van der Waals surface area contributed by atoms with Gasteiger partial charge in [-0.2, -0.15) is 0 Å². The molecule has 1 aromatic rings. The topological polar surface area (TPSA) is 70.5 Å². The Morgan fingerprint density at radius 3 is 2.75 bits per heavy atom. The van der Waals surface area contributed by atoms with Crippen molar-refractivity contribution in [2.75, 3.05) is 6.54 Å². The molecule has 0 aliphatic carbocycles. The van der Waals surface area contributed by atoms with Crippen molar-refractivity contribution in [2.24, 2.45) is 11.5 Å². The van der Waals surface area contributed by atoms with Gasteiger partial charge in [0.15, 0.2) is 11.5 Å². The number of hydrogen-bond acceptors (Lipinski definition) is 4. The van der Waals surface area contributed by atoms with Crippen LogP contribution in [0.25, 0.3) is 0 Å². The molecular formula is C10H12F2N2O2. The summed E-state index contributed by atoms with van der Waals surface area (Å²) in [5.41, 5.74) is 11.7. The van der Waals surface area contributed by atoms with Gasteiger partial charge in [0.05, 0.1) is 0 Å². The van der Waals surface area contributed by atoms with Crippen LogP contribution in [0.1, 0.15) is 18.0 Å². The standard InChI is InChI=1S/C10H12F2N2O2/c11-10(12)15-8-3-1-2-6(9(8)16-10)7(14)4-5-13/h1-3,7H,4-5,13-14H2/t7-/m0/s1. The fourth-order valence-corrected chi connectivity index (χ4v) is 1.62. The Balaban J connectivity index is 2.33. The van der Waals surface area contributed by atoms with E-state index in [0.717, 1.165) is 0 Å². The molecule has 0 saturated carbocycles. The van der Waals surface area contributed by atoms with Gasteiger partial charge >= 0.3 is 6.29 Å². The molecule has 0 aromatic heterocycles. The molecule has 1 aliphatic rings. The second-order valence-electron chi connectivity index (χ2n) is 3.53. The molecule has 0 fully saturated rings.